The van der Waals surface area contributed by atoms with Gasteiger partial charge in [0.2, 0.25) is 9.84 Å². The van der Waals surface area contributed by atoms with E-state index < -0.39 is 32.1 Å². The van der Waals surface area contributed by atoms with Crippen LogP contribution in [0.25, 0.3) is 0 Å². The predicted octanol–water partition coefficient (Wildman–Crippen LogP) is 2.50. The van der Waals surface area contributed by atoms with Gasteiger partial charge in [-0.15, -0.1) is 0 Å². The van der Waals surface area contributed by atoms with Crippen LogP contribution in [0, 0.1) is 11.6 Å². The van der Waals surface area contributed by atoms with Gasteiger partial charge in [0.05, 0.1) is 4.90 Å². The zero-order valence-corrected chi connectivity index (χ0v) is 9.79. The summed E-state index contributed by atoms with van der Waals surface area (Å²) in [5.74, 6) is -1.92. The Balaban J connectivity index is 2.61. The maximum Gasteiger partial charge on any atom is 0.210 e. The lowest BCUT2D eigenvalue weighted by atomic mass is 10.3. The molecule has 0 saturated carbocycles. The van der Waals surface area contributed by atoms with Crippen LogP contribution in [-0.4, -0.2) is 13.5 Å². The van der Waals surface area contributed by atoms with Gasteiger partial charge in [0.25, 0.3) is 0 Å². The Morgan fingerprint density at radius 1 is 0.889 bits per heavy atom. The molecule has 6 heteroatoms. The zero-order valence-electron chi connectivity index (χ0n) is 8.97. The lowest BCUT2D eigenvalue weighted by Crippen LogP contribution is -2.03. The molecule has 0 aliphatic carbocycles. The Labute approximate surface area is 102 Å². The molecule has 18 heavy (non-hydrogen) atoms. The molecule has 0 aliphatic rings. The smallest absolute Gasteiger partial charge is 0.210 e. The van der Waals surface area contributed by atoms with Gasteiger partial charge in [-0.25, -0.2) is 17.2 Å². The van der Waals surface area contributed by atoms with E-state index in [2.05, 4.69) is 0 Å². The summed E-state index contributed by atoms with van der Waals surface area (Å²) in [5, 5.41) is 9.47. The highest BCUT2D eigenvalue weighted by atomic mass is 32.2. The van der Waals surface area contributed by atoms with Gasteiger partial charge >= 0.3 is 0 Å². The van der Waals surface area contributed by atoms with Crippen LogP contribution in [0.1, 0.15) is 0 Å². The van der Waals surface area contributed by atoms with Crippen molar-refractivity contribution in [1.29, 1.82) is 0 Å². The molecule has 0 bridgehead atoms. The number of hydrogen-bond donors (Lipinski definition) is 1. The lowest BCUT2D eigenvalue weighted by molar-refractivity contribution is 0.455. The number of aromatic hydroxyl groups is 1. The molecule has 2 aromatic rings. The molecule has 0 atom stereocenters. The quantitative estimate of drug-likeness (QED) is 0.853. The molecular weight excluding hydrogens is 262 g/mol. The molecule has 0 heterocycles. The van der Waals surface area contributed by atoms with Crippen molar-refractivity contribution in [3.05, 3.63) is 54.1 Å². The van der Waals surface area contributed by atoms with Gasteiger partial charge in [0.15, 0.2) is 0 Å². The largest absolute Gasteiger partial charge is 0.507 e. The standard InChI is InChI=1S/C12H8F2O3S/c13-8-1-4-10(5-2-8)18(16,17)12-7-9(14)3-6-11(12)15/h1-7,15H. The van der Waals surface area contributed by atoms with Gasteiger partial charge in [-0.05, 0) is 42.5 Å². The number of rotatable bonds is 2. The second-order valence-electron chi connectivity index (χ2n) is 3.57. The minimum atomic E-state index is -4.07. The summed E-state index contributed by atoms with van der Waals surface area (Å²) in [6.07, 6.45) is 0. The van der Waals surface area contributed by atoms with Gasteiger partial charge in [-0.1, -0.05) is 0 Å². The second-order valence-corrected chi connectivity index (χ2v) is 5.49. The fourth-order valence-corrected chi connectivity index (χ4v) is 2.80. The number of phenols is 1. The molecule has 0 aliphatic heterocycles. The molecule has 0 fully saturated rings. The summed E-state index contributed by atoms with van der Waals surface area (Å²) >= 11 is 0. The maximum atomic E-state index is 13.0. The second kappa shape index (κ2) is 4.38. The fourth-order valence-electron chi connectivity index (χ4n) is 1.44. The molecule has 0 unspecified atom stereocenters. The fraction of sp³-hybridized carbons (Fsp3) is 0. The number of benzene rings is 2. The van der Waals surface area contributed by atoms with Crippen molar-refractivity contribution >= 4 is 9.84 Å². The van der Waals surface area contributed by atoms with Crippen LogP contribution in [0.15, 0.2) is 52.3 Å². The molecule has 2 rings (SSSR count). The van der Waals surface area contributed by atoms with Gasteiger partial charge in [0, 0.05) is 0 Å². The summed E-state index contributed by atoms with van der Waals surface area (Å²) in [4.78, 5) is -0.765. The normalized spacial score (nSPS) is 11.4. The van der Waals surface area contributed by atoms with Crippen molar-refractivity contribution < 1.29 is 22.3 Å². The summed E-state index contributed by atoms with van der Waals surface area (Å²) in [6.45, 7) is 0. The van der Waals surface area contributed by atoms with Crippen LogP contribution in [0.2, 0.25) is 0 Å². The predicted molar refractivity (Wildman–Crippen MR) is 59.9 cm³/mol. The SMILES string of the molecule is O=S(=O)(c1ccc(F)cc1)c1cc(F)ccc1O. The average molecular weight is 270 g/mol. The first-order chi connectivity index (χ1) is 8.41. The van der Waals surface area contributed by atoms with Gasteiger partial charge in [-0.2, -0.15) is 0 Å². The van der Waals surface area contributed by atoms with E-state index in [1.165, 1.54) is 0 Å². The topological polar surface area (TPSA) is 54.4 Å². The minimum Gasteiger partial charge on any atom is -0.507 e. The molecule has 0 amide bonds. The van der Waals surface area contributed by atoms with Gasteiger partial charge in [0.1, 0.15) is 22.3 Å². The molecular formula is C12H8F2O3S. The van der Waals surface area contributed by atoms with Crippen molar-refractivity contribution in [3.63, 3.8) is 0 Å². The van der Waals surface area contributed by atoms with Crippen molar-refractivity contribution in [2.75, 3.05) is 0 Å². The molecule has 0 radical (unpaired) electrons. The van der Waals surface area contributed by atoms with Crippen molar-refractivity contribution in [2.45, 2.75) is 9.79 Å². The van der Waals surface area contributed by atoms with E-state index in [1.807, 2.05) is 0 Å². The highest BCUT2D eigenvalue weighted by molar-refractivity contribution is 7.91. The van der Waals surface area contributed by atoms with Crippen LogP contribution in [0.3, 0.4) is 0 Å². The minimum absolute atomic E-state index is 0.218. The van der Waals surface area contributed by atoms with Crippen LogP contribution < -0.4 is 0 Å². The van der Waals surface area contributed by atoms with E-state index in [9.17, 15) is 22.3 Å². The zero-order chi connectivity index (χ0) is 13.3. The van der Waals surface area contributed by atoms with Crippen molar-refractivity contribution in [2.24, 2.45) is 0 Å². The van der Waals surface area contributed by atoms with E-state index in [0.717, 1.165) is 36.4 Å². The molecule has 3 nitrogen and oxygen atoms in total. The van der Waals surface area contributed by atoms with Crippen LogP contribution >= 0.6 is 0 Å². The first-order valence-corrected chi connectivity index (χ1v) is 6.39. The van der Waals surface area contributed by atoms with Crippen molar-refractivity contribution in [1.82, 2.24) is 0 Å². The maximum absolute atomic E-state index is 13.0. The third-order valence-electron chi connectivity index (χ3n) is 2.34. The number of phenolic OH excluding ortho intramolecular Hbond substituents is 1. The summed E-state index contributed by atoms with van der Waals surface area (Å²) in [5.41, 5.74) is 0. The summed E-state index contributed by atoms with van der Waals surface area (Å²) in [7, 11) is -4.07. The Bertz CT molecular complexity index is 679. The monoisotopic (exact) mass is 270 g/mol. The molecule has 0 saturated heterocycles. The Kier molecular flexibility index (Phi) is 3.04. The Morgan fingerprint density at radius 3 is 2.06 bits per heavy atom. The number of hydrogen-bond acceptors (Lipinski definition) is 3. The third-order valence-corrected chi connectivity index (χ3v) is 4.13. The van der Waals surface area contributed by atoms with Crippen LogP contribution in [0.4, 0.5) is 8.78 Å². The molecule has 0 spiro atoms. The highest BCUT2D eigenvalue weighted by Crippen LogP contribution is 2.29. The molecule has 0 aromatic heterocycles. The molecule has 94 valence electrons. The lowest BCUT2D eigenvalue weighted by Gasteiger charge is -2.06. The highest BCUT2D eigenvalue weighted by Gasteiger charge is 2.22. The van der Waals surface area contributed by atoms with Crippen LogP contribution in [-0.2, 0) is 9.84 Å². The Morgan fingerprint density at radius 2 is 1.44 bits per heavy atom. The number of sulfone groups is 1. The summed E-state index contributed by atoms with van der Waals surface area (Å²) in [6, 6.07) is 6.66. The van der Waals surface area contributed by atoms with E-state index >= 15 is 0 Å². The van der Waals surface area contributed by atoms with E-state index in [-0.39, 0.29) is 4.90 Å². The average Bonchev–Trinajstić information content (AvgIpc) is 2.32. The summed E-state index contributed by atoms with van der Waals surface area (Å²) < 4.78 is 49.9. The van der Waals surface area contributed by atoms with E-state index in [1.54, 1.807) is 0 Å². The van der Waals surface area contributed by atoms with Crippen LogP contribution in [0.5, 0.6) is 5.75 Å². The first-order valence-electron chi connectivity index (χ1n) is 4.90. The number of halogens is 2. The third kappa shape index (κ3) is 2.19. The van der Waals surface area contributed by atoms with E-state index in [0.29, 0.717) is 6.07 Å². The molecule has 2 aromatic carbocycles. The molecule has 1 N–H and O–H groups in total. The van der Waals surface area contributed by atoms with Crippen molar-refractivity contribution in [3.8, 4) is 5.75 Å². The van der Waals surface area contributed by atoms with E-state index in [4.69, 9.17) is 0 Å². The van der Waals surface area contributed by atoms with Gasteiger partial charge in [-0.3, -0.25) is 0 Å². The first kappa shape index (κ1) is 12.5. The Hall–Kier alpha value is -1.95. The van der Waals surface area contributed by atoms with Gasteiger partial charge < -0.3 is 5.11 Å².